The van der Waals surface area contributed by atoms with Crippen LogP contribution in [0, 0.1) is 0 Å². The van der Waals surface area contributed by atoms with Gasteiger partial charge in [0.2, 0.25) is 0 Å². The van der Waals surface area contributed by atoms with E-state index in [1.54, 1.807) is 0 Å². The van der Waals surface area contributed by atoms with Crippen LogP contribution in [0.5, 0.6) is 0 Å². The van der Waals surface area contributed by atoms with Crippen molar-refractivity contribution in [3.8, 4) is 0 Å². The molecule has 0 aromatic heterocycles. The first-order valence-electron chi connectivity index (χ1n) is 18.9. The molecule has 0 fully saturated rings. The average molecular weight is 621 g/mol. The third-order valence-electron chi connectivity index (χ3n) is 8.25. The van der Waals surface area contributed by atoms with Crippen molar-refractivity contribution in [2.75, 3.05) is 13.2 Å². The molecule has 0 aliphatic heterocycles. The van der Waals surface area contributed by atoms with E-state index in [9.17, 15) is 14.7 Å². The predicted molar refractivity (Wildman–Crippen MR) is 187 cm³/mol. The van der Waals surface area contributed by atoms with Crippen LogP contribution in [0.4, 0.5) is 0 Å². The fourth-order valence-corrected chi connectivity index (χ4v) is 5.35. The normalized spacial score (nSPS) is 12.3. The Hall–Kier alpha value is -1.62. The van der Waals surface area contributed by atoms with Crippen LogP contribution < -0.4 is 0 Å². The van der Waals surface area contributed by atoms with E-state index >= 15 is 0 Å². The van der Waals surface area contributed by atoms with Crippen LogP contribution in [-0.2, 0) is 19.1 Å². The third-order valence-corrected chi connectivity index (χ3v) is 8.25. The second kappa shape index (κ2) is 35.9. The maximum absolute atomic E-state index is 12.1. The largest absolute Gasteiger partial charge is 0.462 e. The Morgan fingerprint density at radius 1 is 0.523 bits per heavy atom. The van der Waals surface area contributed by atoms with Gasteiger partial charge < -0.3 is 14.6 Å². The lowest BCUT2D eigenvalue weighted by atomic mass is 10.1. The highest BCUT2D eigenvalue weighted by atomic mass is 16.6. The second-order valence-electron chi connectivity index (χ2n) is 12.7. The van der Waals surface area contributed by atoms with E-state index in [2.05, 4.69) is 38.2 Å². The molecular formula is C39H72O5. The molecule has 0 spiro atoms. The predicted octanol–water partition coefficient (Wildman–Crippen LogP) is 11.5. The van der Waals surface area contributed by atoms with Crippen molar-refractivity contribution in [1.29, 1.82) is 0 Å². The number of allylic oxidation sites excluding steroid dienone is 4. The number of aliphatic hydroxyl groups excluding tert-OH is 1. The van der Waals surface area contributed by atoms with Gasteiger partial charge in [-0.2, -0.15) is 0 Å². The molecule has 0 radical (unpaired) electrons. The van der Waals surface area contributed by atoms with Crippen LogP contribution in [0.25, 0.3) is 0 Å². The molecule has 0 amide bonds. The smallest absolute Gasteiger partial charge is 0.306 e. The van der Waals surface area contributed by atoms with Crippen molar-refractivity contribution in [2.24, 2.45) is 0 Å². The fraction of sp³-hybridized carbons (Fsp3) is 0.846. The van der Waals surface area contributed by atoms with Crippen LogP contribution in [0.15, 0.2) is 24.3 Å². The zero-order chi connectivity index (χ0) is 32.2. The van der Waals surface area contributed by atoms with Crippen LogP contribution in [0.1, 0.15) is 194 Å². The summed E-state index contributed by atoms with van der Waals surface area (Å²) < 4.78 is 10.6. The van der Waals surface area contributed by atoms with Crippen molar-refractivity contribution in [3.63, 3.8) is 0 Å². The lowest BCUT2D eigenvalue weighted by molar-refractivity contribution is -0.161. The highest BCUT2D eigenvalue weighted by Crippen LogP contribution is 2.14. The SMILES string of the molecule is CCCCC/C=C\C/C=C\CCCCCCCCCCCC(=O)OC(CO)COC(=O)CCCCCCCCCCCCC. The maximum atomic E-state index is 12.1. The summed E-state index contributed by atoms with van der Waals surface area (Å²) in [6.45, 7) is 4.10. The number of aliphatic hydroxyl groups is 1. The highest BCUT2D eigenvalue weighted by molar-refractivity contribution is 5.70. The average Bonchev–Trinajstić information content (AvgIpc) is 3.02. The van der Waals surface area contributed by atoms with Gasteiger partial charge in [0.25, 0.3) is 0 Å². The molecule has 0 heterocycles. The lowest BCUT2D eigenvalue weighted by Gasteiger charge is -2.15. The molecule has 5 heteroatoms. The van der Waals surface area contributed by atoms with Gasteiger partial charge in [0.15, 0.2) is 6.10 Å². The quantitative estimate of drug-likeness (QED) is 0.0440. The number of hydrogen-bond acceptors (Lipinski definition) is 5. The maximum Gasteiger partial charge on any atom is 0.306 e. The van der Waals surface area contributed by atoms with Crippen LogP contribution >= 0.6 is 0 Å². The fourth-order valence-electron chi connectivity index (χ4n) is 5.35. The number of ether oxygens (including phenoxy) is 2. The minimum absolute atomic E-state index is 0.0636. The van der Waals surface area contributed by atoms with E-state index in [0.717, 1.165) is 44.9 Å². The van der Waals surface area contributed by atoms with E-state index < -0.39 is 6.10 Å². The molecule has 44 heavy (non-hydrogen) atoms. The van der Waals surface area contributed by atoms with E-state index in [-0.39, 0.29) is 25.2 Å². The van der Waals surface area contributed by atoms with Gasteiger partial charge in [-0.3, -0.25) is 9.59 Å². The molecule has 0 aromatic carbocycles. The summed E-state index contributed by atoms with van der Waals surface area (Å²) in [6.07, 6.45) is 40.9. The molecule has 0 aliphatic carbocycles. The highest BCUT2D eigenvalue weighted by Gasteiger charge is 2.16. The number of hydrogen-bond donors (Lipinski definition) is 1. The van der Waals surface area contributed by atoms with Crippen molar-refractivity contribution in [1.82, 2.24) is 0 Å². The minimum atomic E-state index is -0.767. The Balaban J connectivity index is 3.54. The summed E-state index contributed by atoms with van der Waals surface area (Å²) >= 11 is 0. The van der Waals surface area contributed by atoms with Crippen molar-refractivity contribution < 1.29 is 24.2 Å². The zero-order valence-corrected chi connectivity index (χ0v) is 29.2. The van der Waals surface area contributed by atoms with Crippen LogP contribution in [0.3, 0.4) is 0 Å². The molecule has 0 bridgehead atoms. The van der Waals surface area contributed by atoms with E-state index in [4.69, 9.17) is 9.47 Å². The molecule has 0 saturated carbocycles. The summed E-state index contributed by atoms with van der Waals surface area (Å²) in [5.41, 5.74) is 0. The van der Waals surface area contributed by atoms with Gasteiger partial charge in [0, 0.05) is 12.8 Å². The number of esters is 2. The summed E-state index contributed by atoms with van der Waals surface area (Å²) in [7, 11) is 0. The molecule has 1 unspecified atom stereocenters. The molecular weight excluding hydrogens is 548 g/mol. The number of unbranched alkanes of at least 4 members (excludes halogenated alkanes) is 22. The number of carbonyl (C=O) groups is 2. The first kappa shape index (κ1) is 42.4. The molecule has 0 aromatic rings. The Morgan fingerprint density at radius 3 is 1.39 bits per heavy atom. The van der Waals surface area contributed by atoms with E-state index in [1.807, 2.05) is 0 Å². The monoisotopic (exact) mass is 621 g/mol. The molecule has 258 valence electrons. The Bertz CT molecular complexity index is 671. The van der Waals surface area contributed by atoms with Gasteiger partial charge in [0.05, 0.1) is 6.61 Å². The van der Waals surface area contributed by atoms with Gasteiger partial charge in [-0.1, -0.05) is 160 Å². The summed E-state index contributed by atoms with van der Waals surface area (Å²) in [4.78, 5) is 24.2. The standard InChI is InChI=1S/C39H72O5/c1-3-5-7-9-11-13-15-16-17-18-19-20-21-22-24-26-28-30-32-34-39(42)44-37(35-40)36-43-38(41)33-31-29-27-25-23-14-12-10-8-6-4-2/h11,13,16-17,37,40H,3-10,12,14-15,18-36H2,1-2H3/b13-11-,17-16-. The van der Waals surface area contributed by atoms with E-state index in [0.29, 0.717) is 12.8 Å². The first-order chi connectivity index (χ1) is 21.6. The first-order valence-corrected chi connectivity index (χ1v) is 18.9. The number of carbonyl (C=O) groups excluding carboxylic acids is 2. The third kappa shape index (κ3) is 33.3. The summed E-state index contributed by atoms with van der Waals surface area (Å²) in [6, 6.07) is 0. The van der Waals surface area contributed by atoms with Crippen molar-refractivity contribution in [3.05, 3.63) is 24.3 Å². The molecule has 0 rings (SSSR count). The molecule has 1 atom stereocenters. The van der Waals surface area contributed by atoms with Gasteiger partial charge in [-0.25, -0.2) is 0 Å². The molecule has 5 nitrogen and oxygen atoms in total. The van der Waals surface area contributed by atoms with Crippen molar-refractivity contribution in [2.45, 2.75) is 200 Å². The lowest BCUT2D eigenvalue weighted by Crippen LogP contribution is -2.28. The van der Waals surface area contributed by atoms with E-state index in [1.165, 1.54) is 122 Å². The van der Waals surface area contributed by atoms with Gasteiger partial charge in [0.1, 0.15) is 6.61 Å². The van der Waals surface area contributed by atoms with Gasteiger partial charge in [-0.05, 0) is 44.9 Å². The van der Waals surface area contributed by atoms with Crippen LogP contribution in [-0.4, -0.2) is 36.4 Å². The molecule has 1 N–H and O–H groups in total. The topological polar surface area (TPSA) is 72.8 Å². The Labute approximate surface area is 273 Å². The molecule has 0 saturated heterocycles. The van der Waals surface area contributed by atoms with Crippen molar-refractivity contribution >= 4 is 11.9 Å². The minimum Gasteiger partial charge on any atom is -0.462 e. The van der Waals surface area contributed by atoms with Gasteiger partial charge in [-0.15, -0.1) is 0 Å². The summed E-state index contributed by atoms with van der Waals surface area (Å²) in [5, 5.41) is 9.53. The Morgan fingerprint density at radius 2 is 0.909 bits per heavy atom. The molecule has 0 aliphatic rings. The second-order valence-corrected chi connectivity index (χ2v) is 12.7. The Kier molecular flexibility index (Phi) is 34.5. The zero-order valence-electron chi connectivity index (χ0n) is 29.2. The van der Waals surface area contributed by atoms with Crippen LogP contribution in [0.2, 0.25) is 0 Å². The van der Waals surface area contributed by atoms with Gasteiger partial charge >= 0.3 is 11.9 Å². The number of rotatable bonds is 34. The summed E-state index contributed by atoms with van der Waals surface area (Å²) in [5.74, 6) is -0.591.